The molecular weight excluding hydrogens is 268 g/mol. The number of likely N-dealkylation sites (tertiary alicyclic amines) is 1. The number of carboxylic acid groups (broad SMARTS) is 1. The maximum atomic E-state index is 12.2. The third-order valence-corrected chi connectivity index (χ3v) is 5.03. The summed E-state index contributed by atoms with van der Waals surface area (Å²) in [7, 11) is 0. The predicted octanol–water partition coefficient (Wildman–Crippen LogP) is 1.87. The van der Waals surface area contributed by atoms with Gasteiger partial charge < -0.3 is 10.4 Å². The Hall–Kier alpha value is -1.10. The summed E-state index contributed by atoms with van der Waals surface area (Å²) in [5.41, 5.74) is 0. The largest absolute Gasteiger partial charge is 0.481 e. The lowest BCUT2D eigenvalue weighted by Gasteiger charge is -2.33. The molecule has 1 aliphatic carbocycles. The molecule has 1 amide bonds. The van der Waals surface area contributed by atoms with E-state index in [9.17, 15) is 9.59 Å². The maximum absolute atomic E-state index is 12.2. The third kappa shape index (κ3) is 4.70. The summed E-state index contributed by atoms with van der Waals surface area (Å²) in [4.78, 5) is 25.5. The van der Waals surface area contributed by atoms with E-state index in [0.717, 1.165) is 13.1 Å². The molecule has 1 atom stereocenters. The molecule has 5 heteroatoms. The predicted molar refractivity (Wildman–Crippen MR) is 81.0 cm³/mol. The summed E-state index contributed by atoms with van der Waals surface area (Å²) < 4.78 is 0. The Bertz CT molecular complexity index is 359. The van der Waals surface area contributed by atoms with Crippen molar-refractivity contribution in [2.45, 2.75) is 57.9 Å². The lowest BCUT2D eigenvalue weighted by molar-refractivity contribution is -0.144. The minimum atomic E-state index is -0.715. The molecule has 2 aliphatic rings. The van der Waals surface area contributed by atoms with Crippen LogP contribution < -0.4 is 5.32 Å². The number of rotatable bonds is 5. The first-order valence-electron chi connectivity index (χ1n) is 8.32. The summed E-state index contributed by atoms with van der Waals surface area (Å²) in [6.45, 7) is 5.16. The van der Waals surface area contributed by atoms with Crippen molar-refractivity contribution in [2.75, 3.05) is 19.6 Å². The average molecular weight is 296 g/mol. The van der Waals surface area contributed by atoms with Crippen molar-refractivity contribution < 1.29 is 14.7 Å². The van der Waals surface area contributed by atoms with Gasteiger partial charge in [0.2, 0.25) is 5.91 Å². The lowest BCUT2D eigenvalue weighted by atomic mass is 9.81. The molecule has 1 aliphatic heterocycles. The molecule has 0 spiro atoms. The first kappa shape index (κ1) is 16.3. The summed E-state index contributed by atoms with van der Waals surface area (Å²) in [6.07, 6.45) is 6.53. The van der Waals surface area contributed by atoms with Crippen molar-refractivity contribution in [1.82, 2.24) is 10.2 Å². The van der Waals surface area contributed by atoms with Crippen LogP contribution in [0.2, 0.25) is 0 Å². The molecule has 0 aromatic rings. The average Bonchev–Trinajstić information content (AvgIpc) is 2.53. The van der Waals surface area contributed by atoms with Gasteiger partial charge in [-0.2, -0.15) is 0 Å². The Morgan fingerprint density at radius 1 is 1.10 bits per heavy atom. The number of amides is 1. The van der Waals surface area contributed by atoms with E-state index in [1.165, 1.54) is 19.3 Å². The second-order valence-electron chi connectivity index (χ2n) is 6.58. The molecule has 1 unspecified atom stereocenters. The highest BCUT2D eigenvalue weighted by molar-refractivity contribution is 5.79. The highest BCUT2D eigenvalue weighted by atomic mass is 16.4. The molecule has 0 aromatic heterocycles. The Morgan fingerprint density at radius 3 is 2.24 bits per heavy atom. The molecule has 0 bridgehead atoms. The first-order valence-corrected chi connectivity index (χ1v) is 8.32. The Labute approximate surface area is 127 Å². The van der Waals surface area contributed by atoms with Crippen molar-refractivity contribution >= 4 is 11.9 Å². The molecule has 2 N–H and O–H groups in total. The summed E-state index contributed by atoms with van der Waals surface area (Å²) in [6, 6.07) is 0.393. The molecule has 1 saturated heterocycles. The fourth-order valence-corrected chi connectivity index (χ4v) is 3.48. The Kier molecular flexibility index (Phi) is 6.03. The van der Waals surface area contributed by atoms with Gasteiger partial charge in [-0.25, -0.2) is 0 Å². The van der Waals surface area contributed by atoms with Crippen molar-refractivity contribution in [1.29, 1.82) is 0 Å². The van der Waals surface area contributed by atoms with Gasteiger partial charge in [0.25, 0.3) is 0 Å². The van der Waals surface area contributed by atoms with Crippen LogP contribution in [-0.4, -0.2) is 47.6 Å². The number of carbonyl (C=O) groups excluding carboxylic acids is 1. The van der Waals surface area contributed by atoms with Crippen LogP contribution >= 0.6 is 0 Å². The number of carboxylic acids is 1. The number of nitrogens with one attached hydrogen (secondary N) is 1. The number of hydrogen-bond donors (Lipinski definition) is 2. The van der Waals surface area contributed by atoms with Crippen molar-refractivity contribution in [3.8, 4) is 0 Å². The van der Waals surface area contributed by atoms with E-state index in [1.54, 1.807) is 0 Å². The van der Waals surface area contributed by atoms with Gasteiger partial charge in [-0.15, -0.1) is 0 Å². The third-order valence-electron chi connectivity index (χ3n) is 5.03. The zero-order valence-electron chi connectivity index (χ0n) is 13.0. The quantitative estimate of drug-likeness (QED) is 0.812. The van der Waals surface area contributed by atoms with Gasteiger partial charge >= 0.3 is 5.97 Å². The monoisotopic (exact) mass is 296 g/mol. The molecule has 0 aromatic carbocycles. The van der Waals surface area contributed by atoms with Gasteiger partial charge in [0, 0.05) is 18.5 Å². The molecule has 120 valence electrons. The smallest absolute Gasteiger partial charge is 0.306 e. The van der Waals surface area contributed by atoms with E-state index in [2.05, 4.69) is 17.1 Å². The molecule has 1 saturated carbocycles. The normalized spacial score (nSPS) is 28.8. The highest BCUT2D eigenvalue weighted by Gasteiger charge is 2.29. The maximum Gasteiger partial charge on any atom is 0.306 e. The van der Waals surface area contributed by atoms with Gasteiger partial charge in [-0.3, -0.25) is 14.5 Å². The van der Waals surface area contributed by atoms with Crippen molar-refractivity contribution in [3.05, 3.63) is 0 Å². The van der Waals surface area contributed by atoms with E-state index in [1.807, 2.05) is 0 Å². The van der Waals surface area contributed by atoms with Gasteiger partial charge in [0.05, 0.1) is 5.92 Å². The van der Waals surface area contributed by atoms with E-state index < -0.39 is 5.97 Å². The molecule has 21 heavy (non-hydrogen) atoms. The Morgan fingerprint density at radius 2 is 1.67 bits per heavy atom. The van der Waals surface area contributed by atoms with E-state index in [-0.39, 0.29) is 17.7 Å². The molecular formula is C16H28N2O3. The van der Waals surface area contributed by atoms with E-state index >= 15 is 0 Å². The summed E-state index contributed by atoms with van der Waals surface area (Å²) in [5, 5.41) is 12.0. The van der Waals surface area contributed by atoms with Gasteiger partial charge in [-0.05, 0) is 58.5 Å². The minimum Gasteiger partial charge on any atom is -0.481 e. The second-order valence-corrected chi connectivity index (χ2v) is 6.58. The number of nitrogens with zero attached hydrogens (tertiary/aromatic N) is 1. The van der Waals surface area contributed by atoms with Crippen LogP contribution in [0.5, 0.6) is 0 Å². The zero-order chi connectivity index (χ0) is 15.2. The standard InChI is InChI=1S/C16H28N2O3/c1-12(18-9-3-2-4-10-18)11-17-15(19)13-5-7-14(8-6-13)16(20)21/h12-14H,2-11H2,1H3,(H,17,19)(H,20,21). The van der Waals surface area contributed by atoms with Gasteiger partial charge in [0.15, 0.2) is 0 Å². The van der Waals surface area contributed by atoms with E-state index in [4.69, 9.17) is 5.11 Å². The van der Waals surface area contributed by atoms with Gasteiger partial charge in [0.1, 0.15) is 0 Å². The van der Waals surface area contributed by atoms with Crippen LogP contribution in [0.15, 0.2) is 0 Å². The topological polar surface area (TPSA) is 69.6 Å². The second kappa shape index (κ2) is 7.78. The van der Waals surface area contributed by atoms with Crippen molar-refractivity contribution in [2.24, 2.45) is 11.8 Å². The molecule has 0 radical (unpaired) electrons. The molecule has 2 fully saturated rings. The van der Waals surface area contributed by atoms with Crippen LogP contribution in [0.3, 0.4) is 0 Å². The van der Waals surface area contributed by atoms with E-state index in [0.29, 0.717) is 38.3 Å². The number of piperidine rings is 1. The van der Waals surface area contributed by atoms with Crippen LogP contribution in [0.25, 0.3) is 0 Å². The minimum absolute atomic E-state index is 0.00848. The number of aliphatic carboxylic acids is 1. The molecule has 1 heterocycles. The van der Waals surface area contributed by atoms with Crippen LogP contribution in [0, 0.1) is 11.8 Å². The highest BCUT2D eigenvalue weighted by Crippen LogP contribution is 2.29. The zero-order valence-corrected chi connectivity index (χ0v) is 13.0. The SMILES string of the molecule is CC(CNC(=O)C1CCC(C(=O)O)CC1)N1CCCCC1. The summed E-state index contributed by atoms with van der Waals surface area (Å²) in [5.74, 6) is -0.842. The Balaban J connectivity index is 1.68. The number of hydrogen-bond acceptors (Lipinski definition) is 3. The van der Waals surface area contributed by atoms with Crippen LogP contribution in [0.4, 0.5) is 0 Å². The number of carbonyl (C=O) groups is 2. The van der Waals surface area contributed by atoms with Crippen LogP contribution in [-0.2, 0) is 9.59 Å². The first-order chi connectivity index (χ1) is 10.1. The van der Waals surface area contributed by atoms with Gasteiger partial charge in [-0.1, -0.05) is 6.42 Å². The van der Waals surface area contributed by atoms with Crippen molar-refractivity contribution in [3.63, 3.8) is 0 Å². The fraction of sp³-hybridized carbons (Fsp3) is 0.875. The molecule has 5 nitrogen and oxygen atoms in total. The lowest BCUT2D eigenvalue weighted by Crippen LogP contribution is -2.46. The fourth-order valence-electron chi connectivity index (χ4n) is 3.48. The molecule has 2 rings (SSSR count). The van der Waals surface area contributed by atoms with Crippen LogP contribution in [0.1, 0.15) is 51.9 Å². The summed E-state index contributed by atoms with van der Waals surface area (Å²) >= 11 is 0.